The van der Waals surface area contributed by atoms with E-state index in [1.54, 1.807) is 0 Å². The van der Waals surface area contributed by atoms with Crippen molar-refractivity contribution in [3.05, 3.63) is 222 Å². The van der Waals surface area contributed by atoms with Crippen LogP contribution in [0.4, 0.5) is 0 Å². The van der Waals surface area contributed by atoms with E-state index in [1.807, 2.05) is 30.3 Å². The Morgan fingerprint density at radius 3 is 1.73 bits per heavy atom. The van der Waals surface area contributed by atoms with E-state index in [2.05, 4.69) is 174 Å². The first kappa shape index (κ1) is 32.3. The molecule has 0 unspecified atom stereocenters. The van der Waals surface area contributed by atoms with Crippen LogP contribution in [0, 0.1) is 0 Å². The standard InChI is InChI=1S/C55H33N3O/c1-2-16-34(17-3-1)53-54(57-47-26-12-11-25-46(47)56-53)39-30-31-49(37-20-5-4-18-35(37)39)58-48-27-13-7-21-38(48)41-32-40-36-19-6-8-22-42(36)55(45(40)33-50(41)58)43-23-9-14-28-51(43)59-52-29-15-10-24-44(52)55/h1-33H. The van der Waals surface area contributed by atoms with Crippen molar-refractivity contribution in [2.45, 2.75) is 5.41 Å². The maximum atomic E-state index is 6.66. The average Bonchev–Trinajstić information content (AvgIpc) is 3.77. The molecule has 0 amide bonds. The van der Waals surface area contributed by atoms with Gasteiger partial charge in [-0.15, -0.1) is 0 Å². The summed E-state index contributed by atoms with van der Waals surface area (Å²) in [5.41, 5.74) is 15.8. The lowest BCUT2D eigenvalue weighted by atomic mass is 9.66. The number of rotatable bonds is 3. The van der Waals surface area contributed by atoms with E-state index in [4.69, 9.17) is 14.7 Å². The minimum absolute atomic E-state index is 0.568. The number of nitrogens with zero attached hydrogens (tertiary/aromatic N) is 3. The molecule has 11 aromatic rings. The van der Waals surface area contributed by atoms with E-state index in [-0.39, 0.29) is 0 Å². The Bertz CT molecular complexity index is 3500. The van der Waals surface area contributed by atoms with Gasteiger partial charge in [0.1, 0.15) is 11.5 Å². The first-order valence-electron chi connectivity index (χ1n) is 20.2. The number of para-hydroxylation sites is 5. The fourth-order valence-electron chi connectivity index (χ4n) is 10.2. The molecule has 4 nitrogen and oxygen atoms in total. The predicted octanol–water partition coefficient (Wildman–Crippen LogP) is 13.7. The van der Waals surface area contributed by atoms with E-state index in [1.165, 1.54) is 33.0 Å². The van der Waals surface area contributed by atoms with E-state index in [0.29, 0.717) is 0 Å². The molecule has 13 rings (SSSR count). The van der Waals surface area contributed by atoms with E-state index in [0.717, 1.165) is 83.7 Å². The van der Waals surface area contributed by atoms with Gasteiger partial charge in [-0.2, -0.15) is 0 Å². The summed E-state index contributed by atoms with van der Waals surface area (Å²) in [7, 11) is 0. The molecule has 0 radical (unpaired) electrons. The normalized spacial score (nSPS) is 13.4. The summed E-state index contributed by atoms with van der Waals surface area (Å²) >= 11 is 0. The third-order valence-electron chi connectivity index (χ3n) is 12.7. The van der Waals surface area contributed by atoms with Crippen molar-refractivity contribution in [1.82, 2.24) is 14.5 Å². The van der Waals surface area contributed by atoms with Gasteiger partial charge in [-0.05, 0) is 82.2 Å². The molecule has 3 heterocycles. The van der Waals surface area contributed by atoms with Crippen LogP contribution in [0.25, 0.3) is 82.9 Å². The Labute approximate surface area is 340 Å². The van der Waals surface area contributed by atoms with Crippen molar-refractivity contribution >= 4 is 43.6 Å². The van der Waals surface area contributed by atoms with Crippen LogP contribution < -0.4 is 4.74 Å². The molecule has 1 aliphatic carbocycles. The molecule has 0 N–H and O–H groups in total. The van der Waals surface area contributed by atoms with Crippen LogP contribution in [0.2, 0.25) is 0 Å². The SMILES string of the molecule is c1ccc(-c2nc3ccccc3nc2-c2ccc(-n3c4ccccc4c4cc5c(cc43)C3(c4ccccc4Oc4ccccc43)c3ccccc3-5)c3ccccc23)cc1. The quantitative estimate of drug-likeness (QED) is 0.180. The molecule has 0 bridgehead atoms. The van der Waals surface area contributed by atoms with Crippen LogP contribution in [0.5, 0.6) is 11.5 Å². The maximum Gasteiger partial charge on any atom is 0.132 e. The highest BCUT2D eigenvalue weighted by atomic mass is 16.5. The topological polar surface area (TPSA) is 39.9 Å². The minimum Gasteiger partial charge on any atom is -0.457 e. The highest BCUT2D eigenvalue weighted by Crippen LogP contribution is 2.62. The second-order valence-electron chi connectivity index (χ2n) is 15.6. The molecule has 4 heteroatoms. The molecule has 1 spiro atoms. The van der Waals surface area contributed by atoms with Crippen LogP contribution >= 0.6 is 0 Å². The Kier molecular flexibility index (Phi) is 6.62. The highest BCUT2D eigenvalue weighted by molar-refractivity contribution is 6.14. The summed E-state index contributed by atoms with van der Waals surface area (Å²) in [5, 5.41) is 4.70. The molecular formula is C55H33N3O. The fourth-order valence-corrected chi connectivity index (χ4v) is 10.2. The van der Waals surface area contributed by atoms with E-state index >= 15 is 0 Å². The van der Waals surface area contributed by atoms with Gasteiger partial charge in [-0.1, -0.05) is 146 Å². The van der Waals surface area contributed by atoms with Crippen molar-refractivity contribution in [1.29, 1.82) is 0 Å². The van der Waals surface area contributed by atoms with Gasteiger partial charge in [0.15, 0.2) is 0 Å². The van der Waals surface area contributed by atoms with Gasteiger partial charge in [0, 0.05) is 38.4 Å². The second-order valence-corrected chi connectivity index (χ2v) is 15.6. The molecule has 2 aromatic heterocycles. The average molecular weight is 752 g/mol. The van der Waals surface area contributed by atoms with Crippen LogP contribution in [-0.2, 0) is 5.41 Å². The van der Waals surface area contributed by atoms with Crippen LogP contribution in [-0.4, -0.2) is 14.5 Å². The van der Waals surface area contributed by atoms with E-state index in [9.17, 15) is 0 Å². The van der Waals surface area contributed by atoms with Crippen LogP contribution in [0.3, 0.4) is 0 Å². The first-order chi connectivity index (χ1) is 29.3. The monoisotopic (exact) mass is 751 g/mol. The lowest BCUT2D eigenvalue weighted by molar-refractivity contribution is 0.436. The lowest BCUT2D eigenvalue weighted by Crippen LogP contribution is -2.32. The summed E-state index contributed by atoms with van der Waals surface area (Å²) in [6.07, 6.45) is 0. The summed E-state index contributed by atoms with van der Waals surface area (Å²) in [6, 6.07) is 71.7. The van der Waals surface area contributed by atoms with Crippen molar-refractivity contribution in [2.24, 2.45) is 0 Å². The third-order valence-corrected chi connectivity index (χ3v) is 12.7. The summed E-state index contributed by atoms with van der Waals surface area (Å²) in [6.45, 7) is 0. The summed E-state index contributed by atoms with van der Waals surface area (Å²) < 4.78 is 9.15. The summed E-state index contributed by atoms with van der Waals surface area (Å²) in [5.74, 6) is 1.78. The first-order valence-corrected chi connectivity index (χ1v) is 20.2. The fraction of sp³-hybridized carbons (Fsp3) is 0.0182. The molecule has 0 saturated carbocycles. The minimum atomic E-state index is -0.568. The second kappa shape index (κ2) is 12.1. The summed E-state index contributed by atoms with van der Waals surface area (Å²) in [4.78, 5) is 10.6. The van der Waals surface area contributed by atoms with Gasteiger partial charge in [0.25, 0.3) is 0 Å². The maximum absolute atomic E-state index is 6.66. The van der Waals surface area contributed by atoms with Gasteiger partial charge < -0.3 is 9.30 Å². The molecular weight excluding hydrogens is 719 g/mol. The van der Waals surface area contributed by atoms with Crippen molar-refractivity contribution in [2.75, 3.05) is 0 Å². The predicted molar refractivity (Wildman–Crippen MR) is 240 cm³/mol. The number of aromatic nitrogens is 3. The number of fused-ring (bicyclic) bond motifs is 14. The molecule has 0 fully saturated rings. The lowest BCUT2D eigenvalue weighted by Gasteiger charge is -2.39. The Balaban J connectivity index is 1.12. The third kappa shape index (κ3) is 4.37. The number of hydrogen-bond donors (Lipinski definition) is 0. The molecule has 0 saturated heterocycles. The molecule has 59 heavy (non-hydrogen) atoms. The van der Waals surface area contributed by atoms with E-state index < -0.39 is 5.41 Å². The Morgan fingerprint density at radius 1 is 0.373 bits per heavy atom. The van der Waals surface area contributed by atoms with Crippen LogP contribution in [0.1, 0.15) is 22.3 Å². The van der Waals surface area contributed by atoms with Crippen molar-refractivity contribution < 1.29 is 4.74 Å². The molecule has 0 atom stereocenters. The number of hydrogen-bond acceptors (Lipinski definition) is 3. The van der Waals surface area contributed by atoms with Gasteiger partial charge >= 0.3 is 0 Å². The van der Waals surface area contributed by atoms with Crippen molar-refractivity contribution in [3.63, 3.8) is 0 Å². The highest BCUT2D eigenvalue weighted by Gasteiger charge is 2.51. The van der Waals surface area contributed by atoms with Crippen LogP contribution in [0.15, 0.2) is 200 Å². The zero-order valence-electron chi connectivity index (χ0n) is 31.8. The molecule has 9 aromatic carbocycles. The van der Waals surface area contributed by atoms with Gasteiger partial charge in [0.2, 0.25) is 0 Å². The Hall–Kier alpha value is -7.82. The smallest absolute Gasteiger partial charge is 0.132 e. The van der Waals surface area contributed by atoms with Gasteiger partial charge in [-0.3, -0.25) is 0 Å². The Morgan fingerprint density at radius 2 is 0.966 bits per heavy atom. The molecule has 2 aliphatic rings. The zero-order chi connectivity index (χ0) is 38.7. The number of ether oxygens (including phenoxy) is 1. The van der Waals surface area contributed by atoms with Gasteiger partial charge in [0.05, 0.1) is 44.6 Å². The molecule has 274 valence electrons. The zero-order valence-corrected chi connectivity index (χ0v) is 31.8. The van der Waals surface area contributed by atoms with Crippen molar-refractivity contribution in [3.8, 4) is 50.8 Å². The van der Waals surface area contributed by atoms with Gasteiger partial charge in [-0.25, -0.2) is 9.97 Å². The largest absolute Gasteiger partial charge is 0.457 e. The molecule has 1 aliphatic heterocycles. The number of benzene rings is 9.